The van der Waals surface area contributed by atoms with E-state index in [4.69, 9.17) is 11.6 Å². The minimum absolute atomic E-state index is 0.0795. The van der Waals surface area contributed by atoms with Gasteiger partial charge in [0.1, 0.15) is 6.67 Å². The maximum absolute atomic E-state index is 11.8. The molecule has 1 rings (SSSR count). The van der Waals surface area contributed by atoms with Crippen LogP contribution in [0.1, 0.15) is 5.56 Å². The van der Waals surface area contributed by atoms with Gasteiger partial charge >= 0.3 is 0 Å². The van der Waals surface area contributed by atoms with Crippen LogP contribution in [0, 0.1) is 0 Å². The van der Waals surface area contributed by atoms with E-state index in [0.29, 0.717) is 10.6 Å². The first-order chi connectivity index (χ1) is 5.74. The number of benzene rings is 1. The van der Waals surface area contributed by atoms with E-state index in [9.17, 15) is 9.18 Å². The van der Waals surface area contributed by atoms with Gasteiger partial charge in [-0.2, -0.15) is 0 Å². The van der Waals surface area contributed by atoms with E-state index in [-0.39, 0.29) is 6.42 Å². The molecule has 0 bridgehead atoms. The quantitative estimate of drug-likeness (QED) is 0.709. The molecule has 1 aromatic rings. The van der Waals surface area contributed by atoms with Crippen LogP contribution >= 0.6 is 11.6 Å². The monoisotopic (exact) mass is 186 g/mol. The number of halogens is 2. The van der Waals surface area contributed by atoms with E-state index < -0.39 is 12.5 Å². The number of carbonyl (C=O) groups is 1. The fourth-order valence-corrected chi connectivity index (χ4v) is 1.10. The predicted molar refractivity (Wildman–Crippen MR) is 46.1 cm³/mol. The summed E-state index contributed by atoms with van der Waals surface area (Å²) >= 11 is 5.75. The Labute approximate surface area is 75.2 Å². The van der Waals surface area contributed by atoms with E-state index in [1.165, 1.54) is 0 Å². The molecule has 1 aromatic carbocycles. The third kappa shape index (κ3) is 2.31. The zero-order valence-electron chi connectivity index (χ0n) is 6.39. The number of carbonyl (C=O) groups excluding carboxylic acids is 1. The van der Waals surface area contributed by atoms with Crippen LogP contribution in [0.5, 0.6) is 0 Å². The first kappa shape index (κ1) is 9.20. The van der Waals surface area contributed by atoms with Crippen molar-refractivity contribution >= 4 is 17.4 Å². The summed E-state index contributed by atoms with van der Waals surface area (Å²) in [6.45, 7) is -0.925. The van der Waals surface area contributed by atoms with Gasteiger partial charge in [0.05, 0.1) is 0 Å². The highest BCUT2D eigenvalue weighted by atomic mass is 35.5. The number of rotatable bonds is 3. The minimum atomic E-state index is -0.925. The molecule has 1 nitrogen and oxygen atoms in total. The highest BCUT2D eigenvalue weighted by Crippen LogP contribution is 2.15. The van der Waals surface area contributed by atoms with Gasteiger partial charge in [-0.05, 0) is 11.6 Å². The lowest BCUT2D eigenvalue weighted by atomic mass is 10.1. The predicted octanol–water partition coefficient (Wildman–Crippen LogP) is 2.42. The molecule has 0 aliphatic carbocycles. The van der Waals surface area contributed by atoms with E-state index in [0.717, 1.165) is 0 Å². The lowest BCUT2D eigenvalue weighted by Gasteiger charge is -1.99. The molecule has 3 heteroatoms. The van der Waals surface area contributed by atoms with E-state index in [1.807, 2.05) is 0 Å². The molecule has 0 radical (unpaired) electrons. The summed E-state index contributed by atoms with van der Waals surface area (Å²) in [5, 5.41) is 0.513. The molecule has 0 aliphatic rings. The molecule has 0 heterocycles. The molecule has 0 fully saturated rings. The molecule has 0 atom stereocenters. The van der Waals surface area contributed by atoms with Crippen molar-refractivity contribution in [3.8, 4) is 0 Å². The van der Waals surface area contributed by atoms with E-state index in [1.54, 1.807) is 24.3 Å². The highest BCUT2D eigenvalue weighted by Gasteiger charge is 2.04. The molecular formula is C9H8ClFO. The summed E-state index contributed by atoms with van der Waals surface area (Å²) in [6.07, 6.45) is 0.0795. The highest BCUT2D eigenvalue weighted by molar-refractivity contribution is 6.31. The van der Waals surface area contributed by atoms with Crippen molar-refractivity contribution in [1.29, 1.82) is 0 Å². The van der Waals surface area contributed by atoms with Crippen molar-refractivity contribution in [3.63, 3.8) is 0 Å². The van der Waals surface area contributed by atoms with Crippen LogP contribution < -0.4 is 0 Å². The summed E-state index contributed by atoms with van der Waals surface area (Å²) < 4.78 is 11.8. The average molecular weight is 187 g/mol. The Balaban J connectivity index is 2.75. The second-order valence-corrected chi connectivity index (χ2v) is 2.85. The zero-order valence-corrected chi connectivity index (χ0v) is 7.14. The number of alkyl halides is 1. The zero-order chi connectivity index (χ0) is 8.97. The second kappa shape index (κ2) is 4.21. The van der Waals surface area contributed by atoms with Crippen molar-refractivity contribution in [3.05, 3.63) is 34.9 Å². The maximum atomic E-state index is 11.8. The van der Waals surface area contributed by atoms with Crippen molar-refractivity contribution in [2.45, 2.75) is 6.42 Å². The van der Waals surface area contributed by atoms with Gasteiger partial charge in [-0.3, -0.25) is 4.79 Å². The fourth-order valence-electron chi connectivity index (χ4n) is 0.901. The number of hydrogen-bond donors (Lipinski definition) is 0. The summed E-state index contributed by atoms with van der Waals surface area (Å²) in [7, 11) is 0. The van der Waals surface area contributed by atoms with Crippen LogP contribution in [0.15, 0.2) is 24.3 Å². The van der Waals surface area contributed by atoms with Crippen molar-refractivity contribution in [2.24, 2.45) is 0 Å². The van der Waals surface area contributed by atoms with Gasteiger partial charge in [-0.25, -0.2) is 4.39 Å². The van der Waals surface area contributed by atoms with E-state index >= 15 is 0 Å². The number of Topliss-reactive ketones (excluding diaryl/α,β-unsaturated/α-hetero) is 1. The molecule has 12 heavy (non-hydrogen) atoms. The summed E-state index contributed by atoms with van der Waals surface area (Å²) in [5.74, 6) is -0.442. The van der Waals surface area contributed by atoms with Gasteiger partial charge in [-0.1, -0.05) is 29.8 Å². The van der Waals surface area contributed by atoms with Crippen LogP contribution in [0.4, 0.5) is 4.39 Å². The van der Waals surface area contributed by atoms with Crippen LogP contribution in [-0.4, -0.2) is 12.5 Å². The summed E-state index contributed by atoms with van der Waals surface area (Å²) in [5.41, 5.74) is 0.682. The van der Waals surface area contributed by atoms with Gasteiger partial charge in [0.25, 0.3) is 0 Å². The third-order valence-corrected chi connectivity index (χ3v) is 1.86. The summed E-state index contributed by atoms with van der Waals surface area (Å²) in [6, 6.07) is 6.94. The number of hydrogen-bond acceptors (Lipinski definition) is 1. The molecule has 0 saturated heterocycles. The Morgan fingerprint density at radius 1 is 1.42 bits per heavy atom. The smallest absolute Gasteiger partial charge is 0.168 e. The van der Waals surface area contributed by atoms with Crippen LogP contribution in [0.3, 0.4) is 0 Å². The second-order valence-electron chi connectivity index (χ2n) is 2.44. The van der Waals surface area contributed by atoms with Crippen molar-refractivity contribution in [1.82, 2.24) is 0 Å². The van der Waals surface area contributed by atoms with Crippen molar-refractivity contribution in [2.75, 3.05) is 6.67 Å². The first-order valence-corrected chi connectivity index (χ1v) is 3.93. The van der Waals surface area contributed by atoms with Crippen molar-refractivity contribution < 1.29 is 9.18 Å². The van der Waals surface area contributed by atoms with Gasteiger partial charge in [0, 0.05) is 11.4 Å². The van der Waals surface area contributed by atoms with Gasteiger partial charge in [0.2, 0.25) is 0 Å². The molecule has 0 spiro atoms. The topological polar surface area (TPSA) is 17.1 Å². The average Bonchev–Trinajstić information content (AvgIpc) is 2.09. The fraction of sp³-hybridized carbons (Fsp3) is 0.222. The molecule has 0 N–H and O–H groups in total. The Hall–Kier alpha value is -0.890. The van der Waals surface area contributed by atoms with Crippen LogP contribution in [-0.2, 0) is 11.2 Å². The molecular weight excluding hydrogens is 179 g/mol. The molecule has 64 valence electrons. The van der Waals surface area contributed by atoms with E-state index in [2.05, 4.69) is 0 Å². The Bertz CT molecular complexity index is 286. The lowest BCUT2D eigenvalue weighted by molar-refractivity contribution is -0.119. The first-order valence-electron chi connectivity index (χ1n) is 3.55. The molecule has 0 saturated carbocycles. The SMILES string of the molecule is O=C(CF)Cc1ccccc1Cl. The molecule has 0 unspecified atom stereocenters. The van der Waals surface area contributed by atoms with Gasteiger partial charge in [-0.15, -0.1) is 0 Å². The maximum Gasteiger partial charge on any atom is 0.168 e. The largest absolute Gasteiger partial charge is 0.296 e. The molecule has 0 aromatic heterocycles. The van der Waals surface area contributed by atoms with Gasteiger partial charge < -0.3 is 0 Å². The molecule has 0 aliphatic heterocycles. The number of ketones is 1. The van der Waals surface area contributed by atoms with Gasteiger partial charge in [0.15, 0.2) is 5.78 Å². The standard InChI is InChI=1S/C9H8ClFO/c10-9-4-2-1-3-7(9)5-8(12)6-11/h1-4H,5-6H2. The minimum Gasteiger partial charge on any atom is -0.296 e. The molecule has 0 amide bonds. The Kier molecular flexibility index (Phi) is 3.23. The normalized spacial score (nSPS) is 9.83. The summed E-state index contributed by atoms with van der Waals surface area (Å²) in [4.78, 5) is 10.7. The lowest BCUT2D eigenvalue weighted by Crippen LogP contribution is -2.04. The Morgan fingerprint density at radius 3 is 2.67 bits per heavy atom. The third-order valence-electron chi connectivity index (χ3n) is 1.49. The Morgan fingerprint density at radius 2 is 2.08 bits per heavy atom. The van der Waals surface area contributed by atoms with Crippen LogP contribution in [0.25, 0.3) is 0 Å². The van der Waals surface area contributed by atoms with Crippen LogP contribution in [0.2, 0.25) is 5.02 Å².